The number of nitrogens with one attached hydrogen (secondary N) is 2. The van der Waals surface area contributed by atoms with Crippen molar-refractivity contribution in [1.82, 2.24) is 10.5 Å². The topological polar surface area (TPSA) is 63.2 Å². The molecular weight excluding hydrogens is 396 g/mol. The van der Waals surface area contributed by atoms with Gasteiger partial charge in [0.2, 0.25) is 0 Å². The maximum absolute atomic E-state index is 14.2. The number of halogens is 4. The van der Waals surface area contributed by atoms with Crippen LogP contribution in [0.1, 0.15) is 15.9 Å². The maximum atomic E-state index is 14.2. The molecule has 0 aliphatic heterocycles. The first-order valence-corrected chi connectivity index (χ1v) is 7.42. The van der Waals surface area contributed by atoms with Crippen LogP contribution in [0.4, 0.5) is 20.3 Å². The molecular formula is C14H11BrClF2N3O2. The number of hydrogen-bond donors (Lipinski definition) is 2. The monoisotopic (exact) mass is 405 g/mol. The molecule has 0 aliphatic carbocycles. The molecule has 0 saturated heterocycles. The van der Waals surface area contributed by atoms with Crippen molar-refractivity contribution in [1.29, 1.82) is 0 Å². The van der Waals surface area contributed by atoms with Crippen molar-refractivity contribution < 1.29 is 18.4 Å². The van der Waals surface area contributed by atoms with Crippen molar-refractivity contribution in [2.75, 3.05) is 12.4 Å². The largest absolute Gasteiger partial charge is 0.337 e. The molecule has 2 aromatic rings. The normalized spacial score (nSPS) is 10.5. The molecule has 23 heavy (non-hydrogen) atoms. The Morgan fingerprint density at radius 3 is 2.65 bits per heavy atom. The molecule has 0 spiro atoms. The van der Waals surface area contributed by atoms with E-state index in [2.05, 4.69) is 31.1 Å². The molecule has 0 atom stereocenters. The highest BCUT2D eigenvalue weighted by Gasteiger charge is 2.23. The van der Waals surface area contributed by atoms with Gasteiger partial charge in [-0.25, -0.2) is 19.2 Å². The van der Waals surface area contributed by atoms with E-state index < -0.39 is 22.6 Å². The van der Waals surface area contributed by atoms with Crippen LogP contribution in [0.5, 0.6) is 0 Å². The number of carbonyl (C=O) groups excluding carboxylic acids is 1. The molecule has 122 valence electrons. The standard InChI is InChI=1S/C14H11BrClF2N3O2/c1-6-3-7(15)5-19-13(6)20-12-8(14(22)21-23-2)4-9(16)10(17)11(12)18/h3-5H,1-2H3,(H,19,20)(H,21,22). The quantitative estimate of drug-likeness (QED) is 0.592. The number of aromatic nitrogens is 1. The van der Waals surface area contributed by atoms with E-state index in [0.717, 1.165) is 10.5 Å². The van der Waals surface area contributed by atoms with Crippen LogP contribution < -0.4 is 10.8 Å². The number of hydrogen-bond acceptors (Lipinski definition) is 4. The third-order valence-electron chi connectivity index (χ3n) is 2.89. The molecule has 0 saturated carbocycles. The third-order valence-corrected chi connectivity index (χ3v) is 3.60. The molecule has 9 heteroatoms. The number of rotatable bonds is 4. The van der Waals surface area contributed by atoms with Crippen LogP contribution in [0, 0.1) is 18.6 Å². The van der Waals surface area contributed by atoms with E-state index in [1.165, 1.54) is 13.3 Å². The lowest BCUT2D eigenvalue weighted by Crippen LogP contribution is -2.23. The molecule has 0 unspecified atom stereocenters. The first-order valence-electron chi connectivity index (χ1n) is 6.25. The second kappa shape index (κ2) is 7.20. The summed E-state index contributed by atoms with van der Waals surface area (Å²) in [5.74, 6) is -3.08. The molecule has 1 heterocycles. The summed E-state index contributed by atoms with van der Waals surface area (Å²) < 4.78 is 28.7. The summed E-state index contributed by atoms with van der Waals surface area (Å²) in [5.41, 5.74) is 2.08. The van der Waals surface area contributed by atoms with Crippen LogP contribution in [0.15, 0.2) is 22.8 Å². The Morgan fingerprint density at radius 1 is 1.35 bits per heavy atom. The average Bonchev–Trinajstić information content (AvgIpc) is 2.50. The molecule has 0 bridgehead atoms. The number of benzene rings is 1. The molecule has 2 rings (SSSR count). The minimum atomic E-state index is -1.29. The number of carbonyl (C=O) groups is 1. The number of pyridine rings is 1. The lowest BCUT2D eigenvalue weighted by Gasteiger charge is -2.15. The van der Waals surface area contributed by atoms with Crippen LogP contribution in [0.25, 0.3) is 0 Å². The van der Waals surface area contributed by atoms with E-state index in [-0.39, 0.29) is 17.1 Å². The van der Waals surface area contributed by atoms with Crippen LogP contribution >= 0.6 is 27.5 Å². The highest BCUT2D eigenvalue weighted by atomic mass is 79.9. The van der Waals surface area contributed by atoms with Gasteiger partial charge in [-0.05, 0) is 40.5 Å². The van der Waals surface area contributed by atoms with Gasteiger partial charge in [0.15, 0.2) is 11.6 Å². The van der Waals surface area contributed by atoms with Gasteiger partial charge in [-0.3, -0.25) is 9.63 Å². The Bertz CT molecular complexity index is 774. The molecule has 2 N–H and O–H groups in total. The lowest BCUT2D eigenvalue weighted by molar-refractivity contribution is 0.0538. The first-order chi connectivity index (χ1) is 10.8. The van der Waals surface area contributed by atoms with Gasteiger partial charge in [-0.2, -0.15) is 0 Å². The summed E-state index contributed by atoms with van der Waals surface area (Å²) in [6, 6.07) is 2.74. The Morgan fingerprint density at radius 2 is 2.04 bits per heavy atom. The predicted octanol–water partition coefficient (Wildman–Crippen LogP) is 4.12. The molecule has 0 fully saturated rings. The summed E-state index contributed by atoms with van der Waals surface area (Å²) in [6.07, 6.45) is 1.48. The number of anilines is 2. The molecule has 1 aromatic carbocycles. The number of amides is 1. The van der Waals surface area contributed by atoms with Gasteiger partial charge in [0.05, 0.1) is 23.4 Å². The highest BCUT2D eigenvalue weighted by Crippen LogP contribution is 2.31. The number of aryl methyl sites for hydroxylation is 1. The minimum absolute atomic E-state index is 0.222. The van der Waals surface area contributed by atoms with Gasteiger partial charge in [-0.15, -0.1) is 0 Å². The Hall–Kier alpha value is -1.77. The summed E-state index contributed by atoms with van der Waals surface area (Å²) >= 11 is 8.86. The Kier molecular flexibility index (Phi) is 5.51. The van der Waals surface area contributed by atoms with E-state index in [4.69, 9.17) is 11.6 Å². The van der Waals surface area contributed by atoms with E-state index in [1.807, 2.05) is 5.48 Å². The fourth-order valence-electron chi connectivity index (χ4n) is 1.83. The van der Waals surface area contributed by atoms with Crippen molar-refractivity contribution in [3.05, 3.63) is 50.6 Å². The predicted molar refractivity (Wildman–Crippen MR) is 85.8 cm³/mol. The van der Waals surface area contributed by atoms with Gasteiger partial charge >= 0.3 is 0 Å². The van der Waals surface area contributed by atoms with E-state index in [9.17, 15) is 13.6 Å². The average molecular weight is 407 g/mol. The van der Waals surface area contributed by atoms with Crippen molar-refractivity contribution in [2.45, 2.75) is 6.92 Å². The van der Waals surface area contributed by atoms with Crippen LogP contribution in [-0.2, 0) is 4.84 Å². The van der Waals surface area contributed by atoms with Crippen LogP contribution in [0.3, 0.4) is 0 Å². The molecule has 1 amide bonds. The Balaban J connectivity index is 2.55. The highest BCUT2D eigenvalue weighted by molar-refractivity contribution is 9.10. The van der Waals surface area contributed by atoms with Gasteiger partial charge in [0.1, 0.15) is 5.82 Å². The first kappa shape index (κ1) is 17.6. The molecule has 0 aliphatic rings. The fourth-order valence-corrected chi connectivity index (χ4v) is 2.47. The second-order valence-corrected chi connectivity index (χ2v) is 5.81. The lowest BCUT2D eigenvalue weighted by atomic mass is 10.1. The van der Waals surface area contributed by atoms with Crippen LogP contribution in [-0.4, -0.2) is 18.0 Å². The van der Waals surface area contributed by atoms with Gasteiger partial charge < -0.3 is 5.32 Å². The summed E-state index contributed by atoms with van der Waals surface area (Å²) in [7, 11) is 1.22. The summed E-state index contributed by atoms with van der Waals surface area (Å²) in [5, 5.41) is 2.10. The van der Waals surface area contributed by atoms with Gasteiger partial charge in [0, 0.05) is 10.7 Å². The van der Waals surface area contributed by atoms with E-state index >= 15 is 0 Å². The summed E-state index contributed by atoms with van der Waals surface area (Å²) in [6.45, 7) is 1.72. The van der Waals surface area contributed by atoms with Crippen molar-refractivity contribution in [2.24, 2.45) is 0 Å². The molecule has 5 nitrogen and oxygen atoms in total. The van der Waals surface area contributed by atoms with Crippen LogP contribution in [0.2, 0.25) is 5.02 Å². The smallest absolute Gasteiger partial charge is 0.277 e. The molecule has 0 radical (unpaired) electrons. The van der Waals surface area contributed by atoms with Crippen molar-refractivity contribution in [3.63, 3.8) is 0 Å². The fraction of sp³-hybridized carbons (Fsp3) is 0.143. The maximum Gasteiger partial charge on any atom is 0.277 e. The zero-order valence-electron chi connectivity index (χ0n) is 12.0. The van der Waals surface area contributed by atoms with E-state index in [0.29, 0.717) is 5.56 Å². The second-order valence-electron chi connectivity index (χ2n) is 4.49. The minimum Gasteiger partial charge on any atom is -0.337 e. The number of nitrogens with zero attached hydrogens (tertiary/aromatic N) is 1. The summed E-state index contributed by atoms with van der Waals surface area (Å²) in [4.78, 5) is 20.5. The SMILES string of the molecule is CONC(=O)c1cc(Cl)c(F)c(F)c1Nc1ncc(Br)cc1C. The van der Waals surface area contributed by atoms with Gasteiger partial charge in [-0.1, -0.05) is 11.6 Å². The zero-order valence-corrected chi connectivity index (χ0v) is 14.3. The van der Waals surface area contributed by atoms with Gasteiger partial charge in [0.25, 0.3) is 5.91 Å². The van der Waals surface area contributed by atoms with Crippen molar-refractivity contribution in [3.8, 4) is 0 Å². The zero-order chi connectivity index (χ0) is 17.1. The number of hydroxylamine groups is 1. The molecule has 1 aromatic heterocycles. The third kappa shape index (κ3) is 3.77. The van der Waals surface area contributed by atoms with E-state index in [1.54, 1.807) is 13.0 Å². The van der Waals surface area contributed by atoms with Crippen molar-refractivity contribution >= 4 is 44.9 Å². The Labute approximate surface area is 144 Å².